The molecule has 0 fully saturated rings. The van der Waals surface area contributed by atoms with Gasteiger partial charge < -0.3 is 5.32 Å². The maximum absolute atomic E-state index is 12.6. The van der Waals surface area contributed by atoms with Crippen molar-refractivity contribution >= 4 is 28.4 Å². The fourth-order valence-electron chi connectivity index (χ4n) is 2.66. The highest BCUT2D eigenvalue weighted by Gasteiger charge is 2.26. The number of hydrogen-bond acceptors (Lipinski definition) is 3. The lowest BCUT2D eigenvalue weighted by Gasteiger charge is -2.14. The number of nitrogens with one attached hydrogen (secondary N) is 1. The normalized spacial score (nSPS) is 17.0. The second kappa shape index (κ2) is 7.01. The number of para-hydroxylation sites is 1. The first-order valence-electron chi connectivity index (χ1n) is 7.84. The minimum Gasteiger partial charge on any atom is -0.324 e. The van der Waals surface area contributed by atoms with Gasteiger partial charge in [-0.1, -0.05) is 55.5 Å². The molecule has 1 atom stereocenters. The van der Waals surface area contributed by atoms with Crippen molar-refractivity contribution in [1.82, 2.24) is 0 Å². The first-order valence-corrected chi connectivity index (χ1v) is 8.83. The standard InChI is InChI=1S/C19H20N2OS/c1-3-14-11-7-8-13(2)17(14)21-18(22)16-12-23-19(20-16)15-9-5-4-6-10-15/h4-11,16H,3,12H2,1-2H3,(H,21,22)/t16-/m0/s1. The van der Waals surface area contributed by atoms with E-state index >= 15 is 0 Å². The van der Waals surface area contributed by atoms with E-state index in [2.05, 4.69) is 23.3 Å². The van der Waals surface area contributed by atoms with E-state index in [4.69, 9.17) is 0 Å². The van der Waals surface area contributed by atoms with Crippen LogP contribution in [0.3, 0.4) is 0 Å². The van der Waals surface area contributed by atoms with E-state index in [1.165, 1.54) is 0 Å². The highest BCUT2D eigenvalue weighted by Crippen LogP contribution is 2.26. The number of rotatable bonds is 4. The molecule has 1 aliphatic rings. The van der Waals surface area contributed by atoms with Crippen LogP contribution in [-0.4, -0.2) is 22.7 Å². The predicted octanol–water partition coefficient (Wildman–Crippen LogP) is 4.06. The number of carbonyl (C=O) groups excluding carboxylic acids is 1. The number of thioether (sulfide) groups is 1. The molecule has 1 amide bonds. The van der Waals surface area contributed by atoms with Gasteiger partial charge in [-0.2, -0.15) is 0 Å². The van der Waals surface area contributed by atoms with Crippen molar-refractivity contribution in [3.8, 4) is 0 Å². The molecular formula is C19H20N2OS. The first-order chi connectivity index (χ1) is 11.2. The Morgan fingerprint density at radius 3 is 2.74 bits per heavy atom. The lowest BCUT2D eigenvalue weighted by Crippen LogP contribution is -2.27. The molecule has 0 saturated carbocycles. The number of nitrogens with zero attached hydrogens (tertiary/aromatic N) is 1. The third-order valence-corrected chi connectivity index (χ3v) is 5.06. The molecule has 0 radical (unpaired) electrons. The zero-order chi connectivity index (χ0) is 16.2. The molecule has 4 heteroatoms. The Bertz CT molecular complexity index is 740. The van der Waals surface area contributed by atoms with Crippen LogP contribution < -0.4 is 5.32 Å². The zero-order valence-electron chi connectivity index (χ0n) is 13.4. The largest absolute Gasteiger partial charge is 0.324 e. The maximum Gasteiger partial charge on any atom is 0.250 e. The Morgan fingerprint density at radius 1 is 1.22 bits per heavy atom. The summed E-state index contributed by atoms with van der Waals surface area (Å²) in [5, 5.41) is 4.03. The minimum absolute atomic E-state index is 0.0209. The fourth-order valence-corrected chi connectivity index (χ4v) is 3.70. The Labute approximate surface area is 141 Å². The van der Waals surface area contributed by atoms with Gasteiger partial charge in [-0.05, 0) is 24.5 Å². The molecule has 1 aliphatic heterocycles. The maximum atomic E-state index is 12.6. The number of amides is 1. The molecule has 3 nitrogen and oxygen atoms in total. The van der Waals surface area contributed by atoms with Gasteiger partial charge in [0.05, 0.1) is 5.04 Å². The summed E-state index contributed by atoms with van der Waals surface area (Å²) < 4.78 is 0. The molecule has 23 heavy (non-hydrogen) atoms. The van der Waals surface area contributed by atoms with E-state index in [0.29, 0.717) is 5.75 Å². The summed E-state index contributed by atoms with van der Waals surface area (Å²) in [5.41, 5.74) is 4.28. The van der Waals surface area contributed by atoms with Crippen molar-refractivity contribution in [2.24, 2.45) is 4.99 Å². The van der Waals surface area contributed by atoms with Crippen LogP contribution in [-0.2, 0) is 11.2 Å². The average Bonchev–Trinajstić information content (AvgIpc) is 3.07. The summed E-state index contributed by atoms with van der Waals surface area (Å²) in [4.78, 5) is 17.2. The van der Waals surface area contributed by atoms with E-state index in [9.17, 15) is 4.79 Å². The molecule has 0 saturated heterocycles. The predicted molar refractivity (Wildman–Crippen MR) is 98.4 cm³/mol. The van der Waals surface area contributed by atoms with Crippen molar-refractivity contribution in [3.63, 3.8) is 0 Å². The van der Waals surface area contributed by atoms with Crippen LogP contribution in [0.2, 0.25) is 0 Å². The SMILES string of the molecule is CCc1cccc(C)c1NC(=O)[C@@H]1CSC(c2ccccc2)=N1. The van der Waals surface area contributed by atoms with Crippen molar-refractivity contribution in [3.05, 3.63) is 65.2 Å². The minimum atomic E-state index is -0.320. The fraction of sp³-hybridized carbons (Fsp3) is 0.263. The van der Waals surface area contributed by atoms with Crippen LogP contribution in [0.1, 0.15) is 23.6 Å². The van der Waals surface area contributed by atoms with Crippen molar-refractivity contribution in [2.75, 3.05) is 11.1 Å². The van der Waals surface area contributed by atoms with E-state index in [1.54, 1.807) is 11.8 Å². The summed E-state index contributed by atoms with van der Waals surface area (Å²) in [7, 11) is 0. The van der Waals surface area contributed by atoms with Crippen LogP contribution in [0.15, 0.2) is 53.5 Å². The van der Waals surface area contributed by atoms with Crippen LogP contribution in [0, 0.1) is 6.92 Å². The summed E-state index contributed by atoms with van der Waals surface area (Å²) in [5.74, 6) is 0.677. The Balaban J connectivity index is 1.77. The second-order valence-corrected chi connectivity index (χ2v) is 6.59. The number of carbonyl (C=O) groups is 1. The lowest BCUT2D eigenvalue weighted by molar-refractivity contribution is -0.116. The lowest BCUT2D eigenvalue weighted by atomic mass is 10.1. The van der Waals surface area contributed by atoms with Gasteiger partial charge in [-0.25, -0.2) is 0 Å². The van der Waals surface area contributed by atoms with Gasteiger partial charge in [0.2, 0.25) is 5.91 Å². The smallest absolute Gasteiger partial charge is 0.250 e. The number of anilines is 1. The molecule has 2 aromatic carbocycles. The van der Waals surface area contributed by atoms with E-state index in [0.717, 1.165) is 33.8 Å². The Hall–Kier alpha value is -2.07. The summed E-state index contributed by atoms with van der Waals surface area (Å²) in [6.07, 6.45) is 0.898. The number of aliphatic imine (C=N–C) groups is 1. The topological polar surface area (TPSA) is 41.5 Å². The zero-order valence-corrected chi connectivity index (χ0v) is 14.2. The van der Waals surface area contributed by atoms with Gasteiger partial charge in [0, 0.05) is 17.0 Å². The highest BCUT2D eigenvalue weighted by molar-refractivity contribution is 8.14. The molecule has 0 bridgehead atoms. The molecule has 0 spiro atoms. The summed E-state index contributed by atoms with van der Waals surface area (Å²) in [6, 6.07) is 15.8. The third-order valence-electron chi connectivity index (χ3n) is 3.96. The molecular weight excluding hydrogens is 304 g/mol. The highest BCUT2D eigenvalue weighted by atomic mass is 32.2. The van der Waals surface area contributed by atoms with E-state index in [-0.39, 0.29) is 11.9 Å². The van der Waals surface area contributed by atoms with Gasteiger partial charge in [0.1, 0.15) is 6.04 Å². The van der Waals surface area contributed by atoms with Gasteiger partial charge in [0.15, 0.2) is 0 Å². The van der Waals surface area contributed by atoms with Crippen molar-refractivity contribution in [1.29, 1.82) is 0 Å². The molecule has 0 unspecified atom stereocenters. The third kappa shape index (κ3) is 3.48. The van der Waals surface area contributed by atoms with Crippen LogP contribution in [0.4, 0.5) is 5.69 Å². The summed E-state index contributed by atoms with van der Waals surface area (Å²) >= 11 is 1.65. The van der Waals surface area contributed by atoms with E-state index in [1.807, 2.05) is 49.4 Å². The summed E-state index contributed by atoms with van der Waals surface area (Å²) in [6.45, 7) is 4.12. The average molecular weight is 324 g/mol. The van der Waals surface area contributed by atoms with Crippen molar-refractivity contribution < 1.29 is 4.79 Å². The Kier molecular flexibility index (Phi) is 4.82. The van der Waals surface area contributed by atoms with Crippen LogP contribution >= 0.6 is 11.8 Å². The first kappa shape index (κ1) is 15.8. The number of benzene rings is 2. The molecule has 0 aliphatic carbocycles. The van der Waals surface area contributed by atoms with Crippen LogP contribution in [0.5, 0.6) is 0 Å². The van der Waals surface area contributed by atoms with Gasteiger partial charge in [-0.3, -0.25) is 9.79 Å². The quantitative estimate of drug-likeness (QED) is 0.921. The van der Waals surface area contributed by atoms with E-state index < -0.39 is 0 Å². The van der Waals surface area contributed by atoms with Crippen molar-refractivity contribution in [2.45, 2.75) is 26.3 Å². The molecule has 0 aromatic heterocycles. The number of aryl methyl sites for hydroxylation is 2. The van der Waals surface area contributed by atoms with Crippen LogP contribution in [0.25, 0.3) is 0 Å². The molecule has 1 N–H and O–H groups in total. The van der Waals surface area contributed by atoms with Gasteiger partial charge in [-0.15, -0.1) is 11.8 Å². The number of hydrogen-bond donors (Lipinski definition) is 1. The molecule has 1 heterocycles. The van der Waals surface area contributed by atoms with Gasteiger partial charge >= 0.3 is 0 Å². The molecule has 118 valence electrons. The molecule has 2 aromatic rings. The second-order valence-electron chi connectivity index (χ2n) is 5.58. The van der Waals surface area contributed by atoms with Gasteiger partial charge in [0.25, 0.3) is 0 Å². The monoisotopic (exact) mass is 324 g/mol. The molecule has 3 rings (SSSR count). The Morgan fingerprint density at radius 2 is 2.00 bits per heavy atom.